The maximum atomic E-state index is 13.7. The first kappa shape index (κ1) is 17.5. The van der Waals surface area contributed by atoms with Crippen LogP contribution >= 0.6 is 23.2 Å². The molecule has 0 fully saturated rings. The molecule has 0 bridgehead atoms. The lowest BCUT2D eigenvalue weighted by Crippen LogP contribution is -2.08. The van der Waals surface area contributed by atoms with Crippen LogP contribution in [0, 0.1) is 5.82 Å². The quantitative estimate of drug-likeness (QED) is 0.625. The monoisotopic (exact) mass is 377 g/mol. The van der Waals surface area contributed by atoms with Crippen molar-refractivity contribution in [2.75, 3.05) is 5.73 Å². The SMILES string of the molecule is CC(Oc1cc(-c2cccnc2)cnc1N)c1c(Cl)ccc(F)c1Cl. The van der Waals surface area contributed by atoms with Crippen molar-refractivity contribution in [2.24, 2.45) is 0 Å². The van der Waals surface area contributed by atoms with Crippen molar-refractivity contribution >= 4 is 29.0 Å². The maximum Gasteiger partial charge on any atom is 0.166 e. The van der Waals surface area contributed by atoms with Gasteiger partial charge in [-0.25, -0.2) is 9.37 Å². The Morgan fingerprint density at radius 2 is 1.96 bits per heavy atom. The topological polar surface area (TPSA) is 61.0 Å². The summed E-state index contributed by atoms with van der Waals surface area (Å²) < 4.78 is 19.6. The number of benzene rings is 1. The van der Waals surface area contributed by atoms with Gasteiger partial charge in [-0.3, -0.25) is 4.98 Å². The number of nitrogens with two attached hydrogens (primary N) is 1. The fourth-order valence-corrected chi connectivity index (χ4v) is 3.08. The van der Waals surface area contributed by atoms with Crippen molar-refractivity contribution in [3.05, 3.63) is 70.3 Å². The molecule has 2 aromatic heterocycles. The predicted octanol–water partition coefficient (Wildman–Crippen LogP) is 5.31. The summed E-state index contributed by atoms with van der Waals surface area (Å²) in [5, 5.41) is 0.240. The summed E-state index contributed by atoms with van der Waals surface area (Å²) >= 11 is 12.2. The molecule has 7 heteroatoms. The first-order valence-electron chi connectivity index (χ1n) is 7.43. The molecule has 25 heavy (non-hydrogen) atoms. The molecule has 3 aromatic rings. The van der Waals surface area contributed by atoms with Crippen LogP contribution in [0.5, 0.6) is 5.75 Å². The molecule has 3 rings (SSSR count). The summed E-state index contributed by atoms with van der Waals surface area (Å²) in [5.74, 6) is 0.000102. The third kappa shape index (κ3) is 3.67. The zero-order valence-corrected chi connectivity index (χ0v) is 14.7. The molecule has 1 unspecified atom stereocenters. The number of ether oxygens (including phenoxy) is 1. The zero-order valence-electron chi connectivity index (χ0n) is 13.2. The second kappa shape index (κ2) is 7.25. The Hall–Kier alpha value is -2.37. The van der Waals surface area contributed by atoms with Crippen LogP contribution in [-0.4, -0.2) is 9.97 Å². The van der Waals surface area contributed by atoms with Crippen LogP contribution in [0.2, 0.25) is 10.0 Å². The molecule has 4 nitrogen and oxygen atoms in total. The lowest BCUT2D eigenvalue weighted by atomic mass is 10.1. The molecular weight excluding hydrogens is 364 g/mol. The van der Waals surface area contributed by atoms with Crippen LogP contribution in [-0.2, 0) is 0 Å². The summed E-state index contributed by atoms with van der Waals surface area (Å²) in [4.78, 5) is 8.23. The molecule has 0 saturated carbocycles. The van der Waals surface area contributed by atoms with Gasteiger partial charge in [-0.2, -0.15) is 0 Å². The number of hydrogen-bond acceptors (Lipinski definition) is 4. The maximum absolute atomic E-state index is 13.7. The Morgan fingerprint density at radius 3 is 2.68 bits per heavy atom. The molecule has 0 spiro atoms. The van der Waals surface area contributed by atoms with Crippen molar-refractivity contribution in [3.8, 4) is 16.9 Å². The number of anilines is 1. The number of pyridine rings is 2. The average molecular weight is 378 g/mol. The molecule has 128 valence electrons. The van der Waals surface area contributed by atoms with E-state index >= 15 is 0 Å². The molecular formula is C18H14Cl2FN3O. The van der Waals surface area contributed by atoms with Crippen LogP contribution in [0.15, 0.2) is 48.9 Å². The van der Waals surface area contributed by atoms with Crippen LogP contribution in [0.1, 0.15) is 18.6 Å². The van der Waals surface area contributed by atoms with Gasteiger partial charge in [0.15, 0.2) is 11.6 Å². The highest BCUT2D eigenvalue weighted by Crippen LogP contribution is 2.36. The molecule has 0 radical (unpaired) electrons. The minimum atomic E-state index is -0.621. The Morgan fingerprint density at radius 1 is 1.16 bits per heavy atom. The minimum absolute atomic E-state index is 0.0741. The van der Waals surface area contributed by atoms with Crippen molar-refractivity contribution in [1.82, 2.24) is 9.97 Å². The third-order valence-electron chi connectivity index (χ3n) is 3.67. The molecule has 1 atom stereocenters. The molecule has 2 N–H and O–H groups in total. The van der Waals surface area contributed by atoms with Gasteiger partial charge in [-0.1, -0.05) is 29.3 Å². The highest BCUT2D eigenvalue weighted by molar-refractivity contribution is 6.36. The fourth-order valence-electron chi connectivity index (χ4n) is 2.41. The summed E-state index contributed by atoms with van der Waals surface area (Å²) in [6, 6.07) is 8.11. The van der Waals surface area contributed by atoms with Gasteiger partial charge < -0.3 is 10.5 Å². The highest BCUT2D eigenvalue weighted by Gasteiger charge is 2.20. The van der Waals surface area contributed by atoms with Crippen molar-refractivity contribution in [3.63, 3.8) is 0 Å². The van der Waals surface area contributed by atoms with Crippen LogP contribution in [0.25, 0.3) is 11.1 Å². The normalized spacial score (nSPS) is 12.0. The average Bonchev–Trinajstić information content (AvgIpc) is 2.61. The Labute approximate surface area is 154 Å². The molecule has 0 saturated heterocycles. The third-order valence-corrected chi connectivity index (χ3v) is 4.38. The van der Waals surface area contributed by atoms with Gasteiger partial charge in [0.25, 0.3) is 0 Å². The van der Waals surface area contributed by atoms with Gasteiger partial charge in [0.2, 0.25) is 0 Å². The van der Waals surface area contributed by atoms with E-state index in [0.717, 1.165) is 11.1 Å². The number of nitrogen functional groups attached to an aromatic ring is 1. The van der Waals surface area contributed by atoms with E-state index in [1.807, 2.05) is 12.1 Å². The van der Waals surface area contributed by atoms with Crippen LogP contribution in [0.4, 0.5) is 10.2 Å². The van der Waals surface area contributed by atoms with E-state index in [2.05, 4.69) is 9.97 Å². The summed E-state index contributed by atoms with van der Waals surface area (Å²) in [5.41, 5.74) is 7.93. The molecule has 0 aliphatic heterocycles. The number of rotatable bonds is 4. The van der Waals surface area contributed by atoms with Gasteiger partial charge in [-0.05, 0) is 31.2 Å². The van der Waals surface area contributed by atoms with Gasteiger partial charge in [-0.15, -0.1) is 0 Å². The van der Waals surface area contributed by atoms with E-state index < -0.39 is 11.9 Å². The number of halogens is 3. The minimum Gasteiger partial charge on any atom is -0.482 e. The second-order valence-corrected chi connectivity index (χ2v) is 6.15. The Balaban J connectivity index is 1.94. The van der Waals surface area contributed by atoms with Gasteiger partial charge in [0, 0.05) is 40.3 Å². The van der Waals surface area contributed by atoms with Crippen molar-refractivity contribution in [2.45, 2.75) is 13.0 Å². The van der Waals surface area contributed by atoms with E-state index in [9.17, 15) is 4.39 Å². The molecule has 0 aliphatic carbocycles. The van der Waals surface area contributed by atoms with E-state index in [1.165, 1.54) is 12.1 Å². The molecule has 1 aromatic carbocycles. The van der Waals surface area contributed by atoms with Crippen molar-refractivity contribution in [1.29, 1.82) is 0 Å². The molecule has 2 heterocycles. The van der Waals surface area contributed by atoms with E-state index in [0.29, 0.717) is 16.3 Å². The fraction of sp³-hybridized carbons (Fsp3) is 0.111. The van der Waals surface area contributed by atoms with Crippen molar-refractivity contribution < 1.29 is 9.13 Å². The van der Waals surface area contributed by atoms with Crippen LogP contribution in [0.3, 0.4) is 0 Å². The molecule has 0 amide bonds. The van der Waals surface area contributed by atoms with Gasteiger partial charge >= 0.3 is 0 Å². The number of nitrogens with zero attached hydrogens (tertiary/aromatic N) is 2. The highest BCUT2D eigenvalue weighted by atomic mass is 35.5. The van der Waals surface area contributed by atoms with Crippen LogP contribution < -0.4 is 10.5 Å². The zero-order chi connectivity index (χ0) is 18.0. The second-order valence-electron chi connectivity index (χ2n) is 5.37. The van der Waals surface area contributed by atoms with Gasteiger partial charge in [0.1, 0.15) is 11.9 Å². The summed E-state index contributed by atoms with van der Waals surface area (Å²) in [6.07, 6.45) is 4.40. The van der Waals surface area contributed by atoms with E-state index in [1.54, 1.807) is 31.6 Å². The lowest BCUT2D eigenvalue weighted by Gasteiger charge is -2.19. The Kier molecular flexibility index (Phi) is 5.06. The lowest BCUT2D eigenvalue weighted by molar-refractivity contribution is 0.227. The molecule has 0 aliphatic rings. The Bertz CT molecular complexity index is 906. The first-order chi connectivity index (χ1) is 12.0. The first-order valence-corrected chi connectivity index (χ1v) is 8.19. The van der Waals surface area contributed by atoms with Gasteiger partial charge in [0.05, 0.1) is 5.02 Å². The standard InChI is InChI=1S/C18H14Cl2FN3O/c1-10(16-13(19)4-5-14(21)17(16)20)25-15-7-12(9-24-18(15)22)11-3-2-6-23-8-11/h2-10H,1H3,(H2,22,24). The number of aromatic nitrogens is 2. The smallest absolute Gasteiger partial charge is 0.166 e. The van der Waals surface area contributed by atoms with E-state index in [4.69, 9.17) is 33.7 Å². The summed E-state index contributed by atoms with van der Waals surface area (Å²) in [7, 11) is 0. The predicted molar refractivity (Wildman–Crippen MR) is 97.3 cm³/mol. The summed E-state index contributed by atoms with van der Waals surface area (Å²) in [6.45, 7) is 1.71. The van der Waals surface area contributed by atoms with E-state index in [-0.39, 0.29) is 10.8 Å². The largest absolute Gasteiger partial charge is 0.482 e. The number of hydrogen-bond donors (Lipinski definition) is 1.